The molecule has 0 radical (unpaired) electrons. The highest BCUT2D eigenvalue weighted by molar-refractivity contribution is 7.89. The zero-order valence-corrected chi connectivity index (χ0v) is 16.5. The molecule has 0 heterocycles. The van der Waals surface area contributed by atoms with Crippen LogP contribution in [0.15, 0.2) is 59.5 Å². The van der Waals surface area contributed by atoms with E-state index in [0.717, 1.165) is 16.3 Å². The molecule has 2 aromatic carbocycles. The third-order valence-corrected chi connectivity index (χ3v) is 6.38. The molecular formula is C20H26N2O3S. The molecule has 0 aliphatic carbocycles. The molecule has 5 nitrogen and oxygen atoms in total. The SMILES string of the molecule is CC[C@H](C)[C@H](C(=O)Nc1ccc(S(=O)(=O)N(C)C)cc1)c1ccccc1. The Kier molecular flexibility index (Phi) is 6.56. The van der Waals surface area contributed by atoms with Gasteiger partial charge in [-0.3, -0.25) is 4.79 Å². The van der Waals surface area contributed by atoms with Crippen LogP contribution in [0, 0.1) is 5.92 Å². The van der Waals surface area contributed by atoms with E-state index in [4.69, 9.17) is 0 Å². The Labute approximate surface area is 156 Å². The van der Waals surface area contributed by atoms with Gasteiger partial charge in [0.15, 0.2) is 0 Å². The third-order valence-electron chi connectivity index (χ3n) is 4.55. The summed E-state index contributed by atoms with van der Waals surface area (Å²) in [6.45, 7) is 4.12. The maximum atomic E-state index is 12.9. The molecule has 0 bridgehead atoms. The second-order valence-corrected chi connectivity index (χ2v) is 8.73. The Balaban J connectivity index is 2.22. The molecule has 0 aliphatic rings. The highest BCUT2D eigenvalue weighted by Gasteiger charge is 2.26. The number of rotatable bonds is 7. The van der Waals surface area contributed by atoms with Gasteiger partial charge in [-0.1, -0.05) is 50.6 Å². The molecule has 0 aliphatic heterocycles. The van der Waals surface area contributed by atoms with E-state index in [1.54, 1.807) is 12.1 Å². The van der Waals surface area contributed by atoms with E-state index in [9.17, 15) is 13.2 Å². The van der Waals surface area contributed by atoms with Crippen molar-refractivity contribution in [2.45, 2.75) is 31.1 Å². The van der Waals surface area contributed by atoms with Crippen molar-refractivity contribution in [3.63, 3.8) is 0 Å². The van der Waals surface area contributed by atoms with E-state index < -0.39 is 10.0 Å². The molecule has 0 aromatic heterocycles. The van der Waals surface area contributed by atoms with E-state index in [2.05, 4.69) is 19.2 Å². The molecule has 1 N–H and O–H groups in total. The number of amides is 1. The number of benzene rings is 2. The van der Waals surface area contributed by atoms with Crippen molar-refractivity contribution in [2.75, 3.05) is 19.4 Å². The Bertz CT molecular complexity index is 831. The van der Waals surface area contributed by atoms with Gasteiger partial charge in [0.1, 0.15) is 0 Å². The van der Waals surface area contributed by atoms with Crippen molar-refractivity contribution < 1.29 is 13.2 Å². The second kappa shape index (κ2) is 8.47. The number of hydrogen-bond acceptors (Lipinski definition) is 3. The summed E-state index contributed by atoms with van der Waals surface area (Å²) in [5, 5.41) is 2.92. The number of nitrogens with zero attached hydrogens (tertiary/aromatic N) is 1. The van der Waals surface area contributed by atoms with Crippen molar-refractivity contribution in [2.24, 2.45) is 5.92 Å². The monoisotopic (exact) mass is 374 g/mol. The van der Waals surface area contributed by atoms with Crippen LogP contribution in [0.3, 0.4) is 0 Å². The molecule has 0 saturated heterocycles. The van der Waals surface area contributed by atoms with Crippen LogP contribution in [-0.4, -0.2) is 32.7 Å². The number of carbonyl (C=O) groups excluding carboxylic acids is 1. The van der Waals surface area contributed by atoms with Gasteiger partial charge < -0.3 is 5.32 Å². The zero-order valence-electron chi connectivity index (χ0n) is 15.6. The van der Waals surface area contributed by atoms with Gasteiger partial charge >= 0.3 is 0 Å². The van der Waals surface area contributed by atoms with Crippen molar-refractivity contribution in [1.82, 2.24) is 4.31 Å². The van der Waals surface area contributed by atoms with Gasteiger partial charge in [0, 0.05) is 19.8 Å². The lowest BCUT2D eigenvalue weighted by atomic mass is 9.85. The van der Waals surface area contributed by atoms with Crippen molar-refractivity contribution in [1.29, 1.82) is 0 Å². The van der Waals surface area contributed by atoms with Gasteiger partial charge in [-0.2, -0.15) is 0 Å². The molecule has 1 amide bonds. The van der Waals surface area contributed by atoms with Crippen LogP contribution in [0.5, 0.6) is 0 Å². The van der Waals surface area contributed by atoms with Crippen LogP contribution in [-0.2, 0) is 14.8 Å². The summed E-state index contributed by atoms with van der Waals surface area (Å²) in [6.07, 6.45) is 0.882. The van der Waals surface area contributed by atoms with E-state index in [1.165, 1.54) is 26.2 Å². The van der Waals surface area contributed by atoms with Crippen LogP contribution < -0.4 is 5.32 Å². The summed E-state index contributed by atoms with van der Waals surface area (Å²) in [6, 6.07) is 16.0. The van der Waals surface area contributed by atoms with Crippen LogP contribution in [0.4, 0.5) is 5.69 Å². The minimum absolute atomic E-state index is 0.0891. The molecular weight excluding hydrogens is 348 g/mol. The Morgan fingerprint density at radius 1 is 1.04 bits per heavy atom. The Morgan fingerprint density at radius 2 is 1.62 bits per heavy atom. The summed E-state index contributed by atoms with van der Waals surface area (Å²) >= 11 is 0. The first-order valence-electron chi connectivity index (χ1n) is 8.65. The fourth-order valence-electron chi connectivity index (χ4n) is 2.78. The molecule has 0 fully saturated rings. The zero-order chi connectivity index (χ0) is 19.3. The molecule has 0 spiro atoms. The van der Waals surface area contributed by atoms with Crippen molar-refractivity contribution >= 4 is 21.6 Å². The molecule has 26 heavy (non-hydrogen) atoms. The standard InChI is InChI=1S/C20H26N2O3S/c1-5-15(2)19(16-9-7-6-8-10-16)20(23)21-17-11-13-18(14-12-17)26(24,25)22(3)4/h6-15,19H,5H2,1-4H3,(H,21,23)/t15-,19-/m0/s1. The first-order valence-corrected chi connectivity index (χ1v) is 10.1. The minimum Gasteiger partial charge on any atom is -0.326 e. The molecule has 0 saturated carbocycles. The van der Waals surface area contributed by atoms with Gasteiger partial charge in [0.25, 0.3) is 0 Å². The topological polar surface area (TPSA) is 66.5 Å². The van der Waals surface area contributed by atoms with Gasteiger partial charge in [-0.05, 0) is 35.7 Å². The van der Waals surface area contributed by atoms with Crippen LogP contribution in [0.1, 0.15) is 31.7 Å². The van der Waals surface area contributed by atoms with Gasteiger partial charge in [0.2, 0.25) is 15.9 Å². The van der Waals surface area contributed by atoms with Crippen LogP contribution in [0.25, 0.3) is 0 Å². The maximum absolute atomic E-state index is 12.9. The van der Waals surface area contributed by atoms with Gasteiger partial charge in [-0.15, -0.1) is 0 Å². The van der Waals surface area contributed by atoms with Gasteiger partial charge in [-0.25, -0.2) is 12.7 Å². The fourth-order valence-corrected chi connectivity index (χ4v) is 3.68. The summed E-state index contributed by atoms with van der Waals surface area (Å²) < 4.78 is 25.4. The summed E-state index contributed by atoms with van der Waals surface area (Å²) in [5.74, 6) is -0.161. The van der Waals surface area contributed by atoms with Crippen molar-refractivity contribution in [3.8, 4) is 0 Å². The molecule has 2 aromatic rings. The molecule has 2 rings (SSSR count). The van der Waals surface area contributed by atoms with Crippen LogP contribution >= 0.6 is 0 Å². The Hall–Kier alpha value is -2.18. The number of sulfonamides is 1. The summed E-state index contributed by atoms with van der Waals surface area (Å²) in [5.41, 5.74) is 1.56. The fraction of sp³-hybridized carbons (Fsp3) is 0.350. The number of nitrogens with one attached hydrogen (secondary N) is 1. The lowest BCUT2D eigenvalue weighted by Gasteiger charge is -2.23. The molecule has 140 valence electrons. The average molecular weight is 375 g/mol. The lowest BCUT2D eigenvalue weighted by molar-refractivity contribution is -0.118. The summed E-state index contributed by atoms with van der Waals surface area (Å²) in [4.78, 5) is 13.1. The smallest absolute Gasteiger partial charge is 0.242 e. The first-order chi connectivity index (χ1) is 12.3. The lowest BCUT2D eigenvalue weighted by Crippen LogP contribution is -2.26. The predicted molar refractivity (Wildman–Crippen MR) is 105 cm³/mol. The highest BCUT2D eigenvalue weighted by Crippen LogP contribution is 2.28. The van der Waals surface area contributed by atoms with E-state index in [0.29, 0.717) is 5.69 Å². The van der Waals surface area contributed by atoms with Crippen molar-refractivity contribution in [3.05, 3.63) is 60.2 Å². The highest BCUT2D eigenvalue weighted by atomic mass is 32.2. The molecule has 2 atom stereocenters. The second-order valence-electron chi connectivity index (χ2n) is 6.57. The Morgan fingerprint density at radius 3 is 2.12 bits per heavy atom. The quantitative estimate of drug-likeness (QED) is 0.803. The first kappa shape index (κ1) is 20.1. The third kappa shape index (κ3) is 4.51. The van der Waals surface area contributed by atoms with E-state index in [1.807, 2.05) is 30.3 Å². The number of carbonyl (C=O) groups is 1. The van der Waals surface area contributed by atoms with Crippen LogP contribution in [0.2, 0.25) is 0 Å². The normalized spacial score (nSPS) is 14.0. The predicted octanol–water partition coefficient (Wildman–Crippen LogP) is 3.71. The molecule has 6 heteroatoms. The number of hydrogen-bond donors (Lipinski definition) is 1. The largest absolute Gasteiger partial charge is 0.326 e. The maximum Gasteiger partial charge on any atom is 0.242 e. The van der Waals surface area contributed by atoms with E-state index >= 15 is 0 Å². The summed E-state index contributed by atoms with van der Waals surface area (Å²) in [7, 11) is -0.503. The number of anilines is 1. The molecule has 0 unspecified atom stereocenters. The minimum atomic E-state index is -3.48. The van der Waals surface area contributed by atoms with Gasteiger partial charge in [0.05, 0.1) is 10.8 Å². The van der Waals surface area contributed by atoms with E-state index in [-0.39, 0.29) is 22.6 Å². The average Bonchev–Trinajstić information content (AvgIpc) is 2.63.